The average Bonchev–Trinajstić information content (AvgIpc) is 3.37. The maximum Gasteiger partial charge on any atom is 0.0540 e. The van der Waals surface area contributed by atoms with Crippen LogP contribution in [0.5, 0.6) is 0 Å². The summed E-state index contributed by atoms with van der Waals surface area (Å²) in [5.74, 6) is 0. The minimum Gasteiger partial charge on any atom is -0.372 e. The number of benzene rings is 3. The van der Waals surface area contributed by atoms with Crippen LogP contribution in [0.4, 0.5) is 5.69 Å². The zero-order valence-corrected chi connectivity index (χ0v) is 17.6. The highest BCUT2D eigenvalue weighted by atomic mass is 15.1. The summed E-state index contributed by atoms with van der Waals surface area (Å²) in [6.45, 7) is 2.31. The van der Waals surface area contributed by atoms with Crippen molar-refractivity contribution in [1.82, 2.24) is 0 Å². The second-order valence-electron chi connectivity index (χ2n) is 8.14. The summed E-state index contributed by atoms with van der Waals surface area (Å²) in [5, 5.41) is 7.87. The molecule has 0 amide bonds. The number of hydrogen-bond donors (Lipinski definition) is 1. The summed E-state index contributed by atoms with van der Waals surface area (Å²) < 4.78 is 0. The molecule has 0 aromatic heterocycles. The lowest BCUT2D eigenvalue weighted by atomic mass is 9.90. The van der Waals surface area contributed by atoms with Crippen molar-refractivity contribution in [3.05, 3.63) is 120 Å². The second kappa shape index (κ2) is 8.61. The van der Waals surface area contributed by atoms with E-state index in [4.69, 9.17) is 5.41 Å². The van der Waals surface area contributed by atoms with Gasteiger partial charge in [-0.2, -0.15) is 0 Å². The van der Waals surface area contributed by atoms with Crippen molar-refractivity contribution in [2.24, 2.45) is 0 Å². The highest BCUT2D eigenvalue weighted by molar-refractivity contribution is 6.05. The Labute approximate surface area is 184 Å². The van der Waals surface area contributed by atoms with Gasteiger partial charge in [0.2, 0.25) is 0 Å². The van der Waals surface area contributed by atoms with Crippen LogP contribution in [-0.4, -0.2) is 18.8 Å². The molecular formula is C29H26N2. The summed E-state index contributed by atoms with van der Waals surface area (Å²) in [6, 6.07) is 28.3. The third-order valence-corrected chi connectivity index (χ3v) is 6.08. The molecule has 0 unspecified atom stereocenters. The molecule has 31 heavy (non-hydrogen) atoms. The Morgan fingerprint density at radius 3 is 1.77 bits per heavy atom. The van der Waals surface area contributed by atoms with E-state index >= 15 is 0 Å². The first kappa shape index (κ1) is 19.3. The van der Waals surface area contributed by atoms with Gasteiger partial charge in [-0.25, -0.2) is 0 Å². The molecule has 1 heterocycles. The van der Waals surface area contributed by atoms with Crippen LogP contribution in [0.2, 0.25) is 0 Å². The number of nitrogens with zero attached hydrogens (tertiary/aromatic N) is 1. The molecule has 0 radical (unpaired) electrons. The lowest BCUT2D eigenvalue weighted by Crippen LogP contribution is -2.17. The van der Waals surface area contributed by atoms with Gasteiger partial charge in [0.1, 0.15) is 0 Å². The van der Waals surface area contributed by atoms with E-state index in [1.807, 2.05) is 18.2 Å². The third kappa shape index (κ3) is 4.15. The Bertz CT molecular complexity index is 1140. The third-order valence-electron chi connectivity index (χ3n) is 6.08. The molecule has 1 fully saturated rings. The van der Waals surface area contributed by atoms with Crippen LogP contribution >= 0.6 is 0 Å². The number of rotatable bonds is 4. The van der Waals surface area contributed by atoms with Crippen LogP contribution in [0.3, 0.4) is 0 Å². The van der Waals surface area contributed by atoms with Crippen LogP contribution in [-0.2, 0) is 0 Å². The topological polar surface area (TPSA) is 27.1 Å². The van der Waals surface area contributed by atoms with E-state index in [1.54, 1.807) is 0 Å². The molecule has 2 heteroatoms. The molecule has 0 saturated carbocycles. The molecule has 3 aromatic rings. The van der Waals surface area contributed by atoms with Gasteiger partial charge in [0, 0.05) is 18.8 Å². The number of anilines is 1. The highest BCUT2D eigenvalue weighted by Gasteiger charge is 2.15. The van der Waals surface area contributed by atoms with Crippen molar-refractivity contribution in [1.29, 1.82) is 5.41 Å². The number of hydrogen-bond acceptors (Lipinski definition) is 2. The van der Waals surface area contributed by atoms with Crippen LogP contribution in [0, 0.1) is 5.41 Å². The van der Waals surface area contributed by atoms with E-state index in [-0.39, 0.29) is 0 Å². The van der Waals surface area contributed by atoms with Crippen molar-refractivity contribution in [3.63, 3.8) is 0 Å². The molecule has 2 aliphatic rings. The second-order valence-corrected chi connectivity index (χ2v) is 8.14. The van der Waals surface area contributed by atoms with Gasteiger partial charge in [0.25, 0.3) is 0 Å². The summed E-state index contributed by atoms with van der Waals surface area (Å²) in [7, 11) is 0. The summed E-state index contributed by atoms with van der Waals surface area (Å²) in [6.07, 6.45) is 10.4. The van der Waals surface area contributed by atoms with Gasteiger partial charge in [-0.3, -0.25) is 0 Å². The maximum atomic E-state index is 7.87. The average molecular weight is 403 g/mol. The molecule has 3 aromatic carbocycles. The molecule has 1 aliphatic carbocycles. The Kier molecular flexibility index (Phi) is 5.37. The van der Waals surface area contributed by atoms with E-state index < -0.39 is 0 Å². The zero-order chi connectivity index (χ0) is 21.0. The molecule has 152 valence electrons. The van der Waals surface area contributed by atoms with E-state index in [9.17, 15) is 0 Å². The minimum absolute atomic E-state index is 0.534. The van der Waals surface area contributed by atoms with E-state index in [2.05, 4.69) is 89.8 Å². The lowest BCUT2D eigenvalue weighted by Gasteiger charge is -2.19. The van der Waals surface area contributed by atoms with E-state index in [0.717, 1.165) is 18.7 Å². The first-order valence-corrected chi connectivity index (χ1v) is 11.0. The molecule has 1 aliphatic heterocycles. The summed E-state index contributed by atoms with van der Waals surface area (Å²) in [5.41, 5.74) is 9.01. The SMILES string of the molecule is N=C1C=CC(=C(c2ccc(-c3ccccc3)cc2)c2ccc(N3CCCC3)cc2)C=C1. The molecule has 0 bridgehead atoms. The van der Waals surface area contributed by atoms with Gasteiger partial charge in [0.05, 0.1) is 5.71 Å². The fourth-order valence-electron chi connectivity index (χ4n) is 4.41. The maximum absolute atomic E-state index is 7.87. The molecule has 0 atom stereocenters. The standard InChI is InChI=1S/C29H26N2/c30-27-16-12-25(13-17-27)29(26-14-18-28(19-15-26)31-20-4-5-21-31)24-10-8-23(9-11-24)22-6-2-1-3-7-22/h1-3,6-19,30H,4-5,20-21H2. The van der Waals surface area contributed by atoms with Crippen LogP contribution in [0.1, 0.15) is 24.0 Å². The Hall–Kier alpha value is -3.65. The van der Waals surface area contributed by atoms with Gasteiger partial charge < -0.3 is 10.3 Å². The summed E-state index contributed by atoms with van der Waals surface area (Å²) in [4.78, 5) is 2.47. The zero-order valence-electron chi connectivity index (χ0n) is 17.6. The quantitative estimate of drug-likeness (QED) is 0.505. The Morgan fingerprint density at radius 2 is 1.16 bits per heavy atom. The normalized spacial score (nSPS) is 15.5. The van der Waals surface area contributed by atoms with Crippen LogP contribution in [0.15, 0.2) is 109 Å². The van der Waals surface area contributed by atoms with Gasteiger partial charge in [0.15, 0.2) is 0 Å². The van der Waals surface area contributed by atoms with Crippen molar-refractivity contribution in [2.75, 3.05) is 18.0 Å². The fourth-order valence-corrected chi connectivity index (χ4v) is 4.41. The first-order valence-electron chi connectivity index (χ1n) is 11.0. The van der Waals surface area contributed by atoms with Gasteiger partial charge in [-0.1, -0.05) is 78.9 Å². The highest BCUT2D eigenvalue weighted by Crippen LogP contribution is 2.32. The van der Waals surface area contributed by atoms with Crippen LogP contribution < -0.4 is 4.90 Å². The van der Waals surface area contributed by atoms with Crippen molar-refractivity contribution >= 4 is 17.0 Å². The molecular weight excluding hydrogens is 376 g/mol. The Morgan fingerprint density at radius 1 is 0.613 bits per heavy atom. The first-order chi connectivity index (χ1) is 15.3. The fraction of sp³-hybridized carbons (Fsp3) is 0.138. The van der Waals surface area contributed by atoms with Gasteiger partial charge in [-0.15, -0.1) is 0 Å². The molecule has 1 saturated heterocycles. The Balaban J connectivity index is 1.54. The minimum atomic E-state index is 0.534. The predicted octanol–water partition coefficient (Wildman–Crippen LogP) is 6.90. The predicted molar refractivity (Wildman–Crippen MR) is 132 cm³/mol. The van der Waals surface area contributed by atoms with Crippen molar-refractivity contribution in [3.8, 4) is 11.1 Å². The van der Waals surface area contributed by atoms with Crippen molar-refractivity contribution < 1.29 is 0 Å². The summed E-state index contributed by atoms with van der Waals surface area (Å²) >= 11 is 0. The van der Waals surface area contributed by atoms with Gasteiger partial charge in [-0.05, 0) is 70.5 Å². The number of allylic oxidation sites excluding steroid dienone is 5. The monoisotopic (exact) mass is 402 g/mol. The van der Waals surface area contributed by atoms with Crippen LogP contribution in [0.25, 0.3) is 16.7 Å². The smallest absolute Gasteiger partial charge is 0.0540 e. The largest absolute Gasteiger partial charge is 0.372 e. The molecule has 0 spiro atoms. The van der Waals surface area contributed by atoms with Crippen molar-refractivity contribution in [2.45, 2.75) is 12.8 Å². The molecule has 2 nitrogen and oxygen atoms in total. The van der Waals surface area contributed by atoms with E-state index in [0.29, 0.717) is 5.71 Å². The lowest BCUT2D eigenvalue weighted by molar-refractivity contribution is 0.949. The molecule has 1 N–H and O–H groups in total. The number of nitrogens with one attached hydrogen (secondary N) is 1. The molecule has 5 rings (SSSR count). The van der Waals surface area contributed by atoms with Gasteiger partial charge >= 0.3 is 0 Å². The van der Waals surface area contributed by atoms with E-state index in [1.165, 1.54) is 46.4 Å².